The Bertz CT molecular complexity index is 522. The molecule has 3 N–H and O–H groups in total. The number of aryl methyl sites for hydroxylation is 1. The van der Waals surface area contributed by atoms with Crippen LogP contribution in [0.4, 0.5) is 0 Å². The van der Waals surface area contributed by atoms with Crippen molar-refractivity contribution in [2.24, 2.45) is 17.1 Å². The van der Waals surface area contributed by atoms with Crippen molar-refractivity contribution in [1.29, 1.82) is 0 Å². The Morgan fingerprint density at radius 2 is 1.95 bits per heavy atom. The van der Waals surface area contributed by atoms with Crippen LogP contribution in [0, 0.1) is 11.3 Å². The van der Waals surface area contributed by atoms with Crippen molar-refractivity contribution in [3.8, 4) is 0 Å². The molecule has 2 nitrogen and oxygen atoms in total. The van der Waals surface area contributed by atoms with Crippen LogP contribution in [-0.2, 0) is 12.8 Å². The van der Waals surface area contributed by atoms with Gasteiger partial charge < -0.3 is 10.8 Å². The van der Waals surface area contributed by atoms with E-state index >= 15 is 0 Å². The highest BCUT2D eigenvalue weighted by molar-refractivity contribution is 9.10. The lowest BCUT2D eigenvalue weighted by atomic mass is 9.57. The number of aliphatic hydroxyl groups is 1. The van der Waals surface area contributed by atoms with Crippen LogP contribution in [0.25, 0.3) is 0 Å². The van der Waals surface area contributed by atoms with E-state index in [0.717, 1.165) is 42.5 Å². The standard InChI is InChI=1S/C18H26BrNO/c1-13-4-7-17(12-20,8-5-13)18(21)9-6-14-10-16(19)3-2-15(14)11-18/h2-3,10,13,21H,4-9,11-12,20H2,1H3. The van der Waals surface area contributed by atoms with Gasteiger partial charge in [-0.1, -0.05) is 41.8 Å². The molecule has 0 spiro atoms. The zero-order valence-electron chi connectivity index (χ0n) is 12.9. The minimum Gasteiger partial charge on any atom is -0.389 e. The summed E-state index contributed by atoms with van der Waals surface area (Å²) in [5.41, 5.74) is 8.16. The average Bonchev–Trinajstić information content (AvgIpc) is 2.48. The molecule has 1 aromatic rings. The number of benzene rings is 1. The smallest absolute Gasteiger partial charge is 0.0759 e. The maximum atomic E-state index is 11.5. The van der Waals surface area contributed by atoms with Gasteiger partial charge in [-0.05, 0) is 54.9 Å². The Morgan fingerprint density at radius 3 is 2.62 bits per heavy atom. The first kappa shape index (κ1) is 15.5. The Kier molecular flexibility index (Phi) is 4.19. The van der Waals surface area contributed by atoms with Crippen molar-refractivity contribution in [2.45, 2.75) is 57.5 Å². The minimum atomic E-state index is -0.622. The molecule has 1 aromatic carbocycles. The molecular weight excluding hydrogens is 326 g/mol. The second-order valence-corrected chi connectivity index (χ2v) is 8.20. The summed E-state index contributed by atoms with van der Waals surface area (Å²) in [6.45, 7) is 2.93. The molecule has 1 fully saturated rings. The molecule has 116 valence electrons. The third-order valence-corrected chi connectivity index (χ3v) is 6.56. The molecule has 0 amide bonds. The van der Waals surface area contributed by atoms with E-state index in [0.29, 0.717) is 6.54 Å². The number of hydrogen-bond acceptors (Lipinski definition) is 2. The second kappa shape index (κ2) is 5.68. The molecule has 3 heteroatoms. The Morgan fingerprint density at radius 1 is 1.24 bits per heavy atom. The summed E-state index contributed by atoms with van der Waals surface area (Å²) in [4.78, 5) is 0. The van der Waals surface area contributed by atoms with Crippen molar-refractivity contribution < 1.29 is 5.11 Å². The van der Waals surface area contributed by atoms with Crippen molar-refractivity contribution in [1.82, 2.24) is 0 Å². The van der Waals surface area contributed by atoms with Gasteiger partial charge in [0.1, 0.15) is 0 Å². The van der Waals surface area contributed by atoms with E-state index in [-0.39, 0.29) is 5.41 Å². The first-order valence-electron chi connectivity index (χ1n) is 8.18. The number of nitrogens with two attached hydrogens (primary N) is 1. The zero-order valence-corrected chi connectivity index (χ0v) is 14.5. The fourth-order valence-electron chi connectivity index (χ4n) is 4.37. The van der Waals surface area contributed by atoms with Crippen molar-refractivity contribution in [3.05, 3.63) is 33.8 Å². The van der Waals surface area contributed by atoms with Crippen LogP contribution in [0.3, 0.4) is 0 Å². The van der Waals surface area contributed by atoms with E-state index in [4.69, 9.17) is 5.73 Å². The van der Waals surface area contributed by atoms with Crippen molar-refractivity contribution >= 4 is 15.9 Å². The number of hydrogen-bond donors (Lipinski definition) is 2. The highest BCUT2D eigenvalue weighted by Crippen LogP contribution is 2.50. The summed E-state index contributed by atoms with van der Waals surface area (Å²) in [6.07, 6.45) is 7.13. The SMILES string of the molecule is CC1CCC(CN)(C2(O)CCc3cc(Br)ccc3C2)CC1. The minimum absolute atomic E-state index is 0.0791. The van der Waals surface area contributed by atoms with E-state index in [2.05, 4.69) is 41.1 Å². The van der Waals surface area contributed by atoms with Gasteiger partial charge >= 0.3 is 0 Å². The first-order chi connectivity index (χ1) is 9.98. The van der Waals surface area contributed by atoms with E-state index in [1.165, 1.54) is 24.0 Å². The number of fused-ring (bicyclic) bond motifs is 1. The van der Waals surface area contributed by atoms with Gasteiger partial charge in [-0.2, -0.15) is 0 Å². The van der Waals surface area contributed by atoms with Crippen molar-refractivity contribution in [3.63, 3.8) is 0 Å². The van der Waals surface area contributed by atoms with Gasteiger partial charge in [-0.25, -0.2) is 0 Å². The quantitative estimate of drug-likeness (QED) is 0.850. The highest BCUT2D eigenvalue weighted by atomic mass is 79.9. The Balaban J connectivity index is 1.89. The molecule has 1 atom stereocenters. The van der Waals surface area contributed by atoms with Crippen LogP contribution in [0.15, 0.2) is 22.7 Å². The monoisotopic (exact) mass is 351 g/mol. The maximum absolute atomic E-state index is 11.5. The van der Waals surface area contributed by atoms with Gasteiger partial charge in [0.2, 0.25) is 0 Å². The molecule has 0 heterocycles. The molecular formula is C18H26BrNO. The van der Waals surface area contributed by atoms with Crippen LogP contribution in [-0.4, -0.2) is 17.3 Å². The number of rotatable bonds is 2. The lowest BCUT2D eigenvalue weighted by Crippen LogP contribution is -2.57. The summed E-state index contributed by atoms with van der Waals surface area (Å²) in [7, 11) is 0. The van der Waals surface area contributed by atoms with Crippen molar-refractivity contribution in [2.75, 3.05) is 6.54 Å². The Hall–Kier alpha value is -0.380. The van der Waals surface area contributed by atoms with Gasteiger partial charge in [0, 0.05) is 22.9 Å². The molecule has 21 heavy (non-hydrogen) atoms. The van der Waals surface area contributed by atoms with E-state index in [9.17, 15) is 5.11 Å². The third-order valence-electron chi connectivity index (χ3n) is 6.07. The zero-order chi connectivity index (χ0) is 15.1. The summed E-state index contributed by atoms with van der Waals surface area (Å²) in [6, 6.07) is 6.45. The lowest BCUT2D eigenvalue weighted by molar-refractivity contribution is -0.112. The fraction of sp³-hybridized carbons (Fsp3) is 0.667. The summed E-state index contributed by atoms with van der Waals surface area (Å²) >= 11 is 3.54. The normalized spacial score (nSPS) is 36.3. The van der Waals surface area contributed by atoms with Gasteiger partial charge in [0.15, 0.2) is 0 Å². The molecule has 2 aliphatic rings. The average molecular weight is 352 g/mol. The summed E-state index contributed by atoms with van der Waals surface area (Å²) in [5, 5.41) is 11.5. The van der Waals surface area contributed by atoms with Gasteiger partial charge in [0.25, 0.3) is 0 Å². The second-order valence-electron chi connectivity index (χ2n) is 7.29. The molecule has 0 radical (unpaired) electrons. The predicted molar refractivity (Wildman–Crippen MR) is 90.2 cm³/mol. The van der Waals surface area contributed by atoms with Gasteiger partial charge in [-0.15, -0.1) is 0 Å². The molecule has 0 saturated heterocycles. The Labute approximate surface area is 136 Å². The summed E-state index contributed by atoms with van der Waals surface area (Å²) < 4.78 is 1.13. The van der Waals surface area contributed by atoms with Gasteiger partial charge in [0.05, 0.1) is 5.60 Å². The van der Waals surface area contributed by atoms with Crippen LogP contribution in [0.5, 0.6) is 0 Å². The summed E-state index contributed by atoms with van der Waals surface area (Å²) in [5.74, 6) is 0.778. The molecule has 3 rings (SSSR count). The van der Waals surface area contributed by atoms with Crippen LogP contribution >= 0.6 is 15.9 Å². The predicted octanol–water partition coefficient (Wildman–Crippen LogP) is 3.82. The highest BCUT2D eigenvalue weighted by Gasteiger charge is 2.51. The molecule has 2 aliphatic carbocycles. The van der Waals surface area contributed by atoms with Crippen LogP contribution < -0.4 is 5.73 Å². The maximum Gasteiger partial charge on any atom is 0.0759 e. The van der Waals surface area contributed by atoms with Crippen LogP contribution in [0.2, 0.25) is 0 Å². The topological polar surface area (TPSA) is 46.2 Å². The largest absolute Gasteiger partial charge is 0.389 e. The number of halogens is 1. The molecule has 0 bridgehead atoms. The first-order valence-corrected chi connectivity index (χ1v) is 8.97. The molecule has 1 unspecified atom stereocenters. The molecule has 1 saturated carbocycles. The van der Waals surface area contributed by atoms with Crippen LogP contribution in [0.1, 0.15) is 50.2 Å². The third kappa shape index (κ3) is 2.69. The molecule has 0 aliphatic heterocycles. The van der Waals surface area contributed by atoms with E-state index in [1.54, 1.807) is 0 Å². The van der Waals surface area contributed by atoms with E-state index < -0.39 is 5.60 Å². The van der Waals surface area contributed by atoms with Gasteiger partial charge in [-0.3, -0.25) is 0 Å². The molecule has 0 aromatic heterocycles. The fourth-order valence-corrected chi connectivity index (χ4v) is 4.78. The lowest BCUT2D eigenvalue weighted by Gasteiger charge is -2.52. The van der Waals surface area contributed by atoms with E-state index in [1.807, 2.05) is 0 Å².